The molecule has 0 saturated heterocycles. The number of nitrogens with one attached hydrogen (secondary N) is 2. The predicted octanol–water partition coefficient (Wildman–Crippen LogP) is 1.72. The van der Waals surface area contributed by atoms with Crippen molar-refractivity contribution in [1.29, 1.82) is 0 Å². The lowest BCUT2D eigenvalue weighted by atomic mass is 10.0. The lowest BCUT2D eigenvalue weighted by molar-refractivity contribution is -0.147. The van der Waals surface area contributed by atoms with Crippen LogP contribution in [-0.2, 0) is 14.4 Å². The highest BCUT2D eigenvalue weighted by molar-refractivity contribution is 5.91. The van der Waals surface area contributed by atoms with E-state index in [0.29, 0.717) is 5.82 Å². The summed E-state index contributed by atoms with van der Waals surface area (Å²) in [4.78, 5) is 38.9. The molecule has 0 fully saturated rings. The number of carbonyl (C=O) groups is 3. The molecule has 0 radical (unpaired) electrons. The van der Waals surface area contributed by atoms with Gasteiger partial charge in [0.25, 0.3) is 0 Å². The van der Waals surface area contributed by atoms with Gasteiger partial charge in [0.1, 0.15) is 17.9 Å². The Morgan fingerprint density at radius 3 is 2.38 bits per heavy atom. The summed E-state index contributed by atoms with van der Waals surface area (Å²) < 4.78 is 0. The second-order valence-corrected chi connectivity index (χ2v) is 6.25. The zero-order chi connectivity index (χ0) is 19.3. The standard InChI is InChI=1S/C18H21N3O5/c1-10(2)16(17(24)20-13(18(25)26)9-15(22)23)21-14-8-7-11-5-3-4-6-12(11)19-14/h3-8,10,13,16H,9H2,1-2H3,(H,19,21)(H,20,24)(H,22,23)(H,25,26)/t13-,16-/m0/s1. The minimum absolute atomic E-state index is 0.178. The normalized spacial score (nSPS) is 13.2. The van der Waals surface area contributed by atoms with Gasteiger partial charge in [-0.1, -0.05) is 32.0 Å². The van der Waals surface area contributed by atoms with E-state index in [1.807, 2.05) is 30.3 Å². The molecule has 26 heavy (non-hydrogen) atoms. The first kappa shape index (κ1) is 19.2. The molecule has 1 amide bonds. The zero-order valence-electron chi connectivity index (χ0n) is 14.5. The summed E-state index contributed by atoms with van der Waals surface area (Å²) in [6.45, 7) is 3.59. The van der Waals surface area contributed by atoms with Crippen LogP contribution in [0.2, 0.25) is 0 Å². The van der Waals surface area contributed by atoms with Gasteiger partial charge in [0.05, 0.1) is 11.9 Å². The first-order chi connectivity index (χ1) is 12.3. The van der Waals surface area contributed by atoms with Gasteiger partial charge < -0.3 is 20.8 Å². The van der Waals surface area contributed by atoms with E-state index >= 15 is 0 Å². The molecule has 2 rings (SSSR count). The summed E-state index contributed by atoms with van der Waals surface area (Å²) in [6, 6.07) is 8.86. The summed E-state index contributed by atoms with van der Waals surface area (Å²) in [5.41, 5.74) is 0.759. The van der Waals surface area contributed by atoms with Crippen molar-refractivity contribution < 1.29 is 24.6 Å². The Kier molecular flexibility index (Phi) is 6.11. The van der Waals surface area contributed by atoms with Gasteiger partial charge in [-0.3, -0.25) is 9.59 Å². The van der Waals surface area contributed by atoms with Crippen LogP contribution in [0.15, 0.2) is 36.4 Å². The number of para-hydroxylation sites is 1. The number of hydrogen-bond acceptors (Lipinski definition) is 5. The van der Waals surface area contributed by atoms with E-state index in [-0.39, 0.29) is 5.92 Å². The van der Waals surface area contributed by atoms with Crippen LogP contribution in [0.5, 0.6) is 0 Å². The minimum Gasteiger partial charge on any atom is -0.481 e. The Bertz CT molecular complexity index is 821. The molecular weight excluding hydrogens is 338 g/mol. The van der Waals surface area contributed by atoms with Crippen LogP contribution in [0, 0.1) is 5.92 Å². The Labute approximate surface area is 150 Å². The van der Waals surface area contributed by atoms with Crippen molar-refractivity contribution in [1.82, 2.24) is 10.3 Å². The number of pyridine rings is 1. The van der Waals surface area contributed by atoms with E-state index in [9.17, 15) is 14.4 Å². The van der Waals surface area contributed by atoms with Gasteiger partial charge in [0.2, 0.25) is 5.91 Å². The van der Waals surface area contributed by atoms with Gasteiger partial charge in [-0.25, -0.2) is 9.78 Å². The number of aliphatic carboxylic acids is 2. The lowest BCUT2D eigenvalue weighted by Crippen LogP contribution is -2.50. The van der Waals surface area contributed by atoms with Crippen molar-refractivity contribution in [3.8, 4) is 0 Å². The molecule has 0 aliphatic rings. The first-order valence-corrected chi connectivity index (χ1v) is 8.15. The number of carbonyl (C=O) groups excluding carboxylic acids is 1. The number of carboxylic acid groups (broad SMARTS) is 2. The van der Waals surface area contributed by atoms with Gasteiger partial charge in [0, 0.05) is 5.39 Å². The number of fused-ring (bicyclic) bond motifs is 1. The van der Waals surface area contributed by atoms with Crippen LogP contribution in [0.3, 0.4) is 0 Å². The molecule has 0 saturated carbocycles. The van der Waals surface area contributed by atoms with Crippen LogP contribution in [-0.4, -0.2) is 45.1 Å². The van der Waals surface area contributed by atoms with Crippen LogP contribution < -0.4 is 10.6 Å². The lowest BCUT2D eigenvalue weighted by Gasteiger charge is -2.24. The summed E-state index contributed by atoms with van der Waals surface area (Å²) in [6.07, 6.45) is -0.694. The number of benzene rings is 1. The number of aromatic nitrogens is 1. The number of rotatable bonds is 8. The molecular formula is C18H21N3O5. The van der Waals surface area contributed by atoms with E-state index in [0.717, 1.165) is 10.9 Å². The first-order valence-electron chi connectivity index (χ1n) is 8.15. The molecule has 0 aliphatic carbocycles. The predicted molar refractivity (Wildman–Crippen MR) is 95.8 cm³/mol. The molecule has 0 aliphatic heterocycles. The monoisotopic (exact) mass is 359 g/mol. The quantitative estimate of drug-likeness (QED) is 0.565. The maximum Gasteiger partial charge on any atom is 0.326 e. The number of nitrogens with zero attached hydrogens (tertiary/aromatic N) is 1. The largest absolute Gasteiger partial charge is 0.481 e. The molecule has 8 heteroatoms. The van der Waals surface area contributed by atoms with Crippen LogP contribution in [0.4, 0.5) is 5.82 Å². The van der Waals surface area contributed by atoms with E-state index in [2.05, 4.69) is 15.6 Å². The van der Waals surface area contributed by atoms with E-state index < -0.39 is 36.4 Å². The average Bonchev–Trinajstić information content (AvgIpc) is 2.58. The minimum atomic E-state index is -1.49. The van der Waals surface area contributed by atoms with E-state index in [4.69, 9.17) is 10.2 Å². The van der Waals surface area contributed by atoms with Crippen molar-refractivity contribution in [3.63, 3.8) is 0 Å². The molecule has 0 bridgehead atoms. The van der Waals surface area contributed by atoms with Gasteiger partial charge in [-0.15, -0.1) is 0 Å². The van der Waals surface area contributed by atoms with Crippen molar-refractivity contribution in [2.45, 2.75) is 32.4 Å². The van der Waals surface area contributed by atoms with Crippen molar-refractivity contribution in [3.05, 3.63) is 36.4 Å². The smallest absolute Gasteiger partial charge is 0.326 e. The Morgan fingerprint density at radius 2 is 1.77 bits per heavy atom. The molecule has 1 heterocycles. The summed E-state index contributed by atoms with van der Waals surface area (Å²) in [7, 11) is 0. The fourth-order valence-corrected chi connectivity index (χ4v) is 2.48. The molecule has 2 aromatic rings. The molecule has 0 unspecified atom stereocenters. The molecule has 2 atom stereocenters. The second-order valence-electron chi connectivity index (χ2n) is 6.25. The van der Waals surface area contributed by atoms with E-state index in [1.165, 1.54) is 0 Å². The molecule has 1 aromatic carbocycles. The maximum absolute atomic E-state index is 12.5. The van der Waals surface area contributed by atoms with Gasteiger partial charge in [0.15, 0.2) is 0 Å². The van der Waals surface area contributed by atoms with Crippen LogP contribution in [0.25, 0.3) is 10.9 Å². The van der Waals surface area contributed by atoms with Crippen molar-refractivity contribution in [2.75, 3.05) is 5.32 Å². The third kappa shape index (κ3) is 4.92. The zero-order valence-corrected chi connectivity index (χ0v) is 14.5. The second kappa shape index (κ2) is 8.28. The summed E-state index contributed by atoms with van der Waals surface area (Å²) in [5.74, 6) is -3.00. The summed E-state index contributed by atoms with van der Waals surface area (Å²) >= 11 is 0. The number of amides is 1. The van der Waals surface area contributed by atoms with E-state index in [1.54, 1.807) is 19.9 Å². The third-order valence-electron chi connectivity index (χ3n) is 3.84. The Balaban J connectivity index is 2.17. The Hall–Kier alpha value is -3.16. The van der Waals surface area contributed by atoms with Gasteiger partial charge in [-0.05, 0) is 24.1 Å². The molecule has 0 spiro atoms. The number of anilines is 1. The molecule has 138 valence electrons. The molecule has 1 aromatic heterocycles. The average molecular weight is 359 g/mol. The van der Waals surface area contributed by atoms with Crippen LogP contribution in [0.1, 0.15) is 20.3 Å². The third-order valence-corrected chi connectivity index (χ3v) is 3.84. The SMILES string of the molecule is CC(C)[C@H](Nc1ccc2ccccc2n1)C(=O)N[C@@H](CC(=O)O)C(=O)O. The maximum atomic E-state index is 12.5. The number of carboxylic acids is 2. The van der Waals surface area contributed by atoms with Gasteiger partial charge >= 0.3 is 11.9 Å². The van der Waals surface area contributed by atoms with Crippen LogP contribution >= 0.6 is 0 Å². The fraction of sp³-hybridized carbons (Fsp3) is 0.333. The topological polar surface area (TPSA) is 129 Å². The molecule has 4 N–H and O–H groups in total. The highest BCUT2D eigenvalue weighted by Crippen LogP contribution is 2.17. The Morgan fingerprint density at radius 1 is 1.08 bits per heavy atom. The highest BCUT2D eigenvalue weighted by atomic mass is 16.4. The van der Waals surface area contributed by atoms with Gasteiger partial charge in [-0.2, -0.15) is 0 Å². The highest BCUT2D eigenvalue weighted by Gasteiger charge is 2.29. The number of hydrogen-bond donors (Lipinski definition) is 4. The fourth-order valence-electron chi connectivity index (χ4n) is 2.48. The molecule has 8 nitrogen and oxygen atoms in total. The van der Waals surface area contributed by atoms with Crippen molar-refractivity contribution >= 4 is 34.6 Å². The van der Waals surface area contributed by atoms with Crippen molar-refractivity contribution in [2.24, 2.45) is 5.92 Å². The summed E-state index contributed by atoms with van der Waals surface area (Å²) in [5, 5.41) is 24.1.